The maximum atomic E-state index is 13.1. The fourth-order valence-corrected chi connectivity index (χ4v) is 3.96. The van der Waals surface area contributed by atoms with Gasteiger partial charge in [0.15, 0.2) is 0 Å². The molecule has 0 bridgehead atoms. The van der Waals surface area contributed by atoms with Crippen molar-refractivity contribution in [1.82, 2.24) is 4.98 Å². The number of carbonyl (C=O) groups is 1. The van der Waals surface area contributed by atoms with Crippen LogP contribution in [0, 0.1) is 0 Å². The number of anilines is 1. The van der Waals surface area contributed by atoms with Gasteiger partial charge in [-0.3, -0.25) is 4.79 Å². The third-order valence-corrected chi connectivity index (χ3v) is 5.56. The molecule has 28 heavy (non-hydrogen) atoms. The molecule has 0 atom stereocenters. The monoisotopic (exact) mass is 388 g/mol. The second kappa shape index (κ2) is 7.82. The molecule has 5 heteroatoms. The number of thiazole rings is 1. The van der Waals surface area contributed by atoms with Crippen LogP contribution in [0.5, 0.6) is 5.75 Å². The molecule has 4 nitrogen and oxygen atoms in total. The van der Waals surface area contributed by atoms with Gasteiger partial charge in [0.25, 0.3) is 5.91 Å². The summed E-state index contributed by atoms with van der Waals surface area (Å²) in [5, 5.41) is 4.92. The van der Waals surface area contributed by atoms with Gasteiger partial charge in [-0.2, -0.15) is 0 Å². The second-order valence-electron chi connectivity index (χ2n) is 6.35. The normalized spacial score (nSPS) is 10.8. The van der Waals surface area contributed by atoms with E-state index in [0.29, 0.717) is 12.2 Å². The van der Waals surface area contributed by atoms with Gasteiger partial charge >= 0.3 is 0 Å². The van der Waals surface area contributed by atoms with Crippen LogP contribution in [0.2, 0.25) is 0 Å². The molecule has 0 unspecified atom stereocenters. The fraction of sp³-hybridized carbons (Fsp3) is 0.130. The molecule has 0 N–H and O–H groups in total. The molecule has 1 amide bonds. The quantitative estimate of drug-likeness (QED) is 0.444. The number of amides is 1. The summed E-state index contributed by atoms with van der Waals surface area (Å²) in [6, 6.07) is 21.9. The second-order valence-corrected chi connectivity index (χ2v) is 7.21. The highest BCUT2D eigenvalue weighted by atomic mass is 32.1. The Balaban J connectivity index is 1.62. The van der Waals surface area contributed by atoms with E-state index in [1.807, 2.05) is 66.9 Å². The lowest BCUT2D eigenvalue weighted by molar-refractivity contribution is 0.0984. The molecule has 0 aliphatic carbocycles. The van der Waals surface area contributed by atoms with Crippen molar-refractivity contribution in [2.45, 2.75) is 6.92 Å². The molecule has 0 fully saturated rings. The Morgan fingerprint density at radius 3 is 2.50 bits per heavy atom. The number of carbonyl (C=O) groups excluding carboxylic acids is 1. The average Bonchev–Trinajstić information content (AvgIpc) is 3.24. The van der Waals surface area contributed by atoms with E-state index in [0.717, 1.165) is 32.8 Å². The van der Waals surface area contributed by atoms with E-state index in [1.165, 1.54) is 11.3 Å². The number of hydrogen-bond acceptors (Lipinski definition) is 4. The topological polar surface area (TPSA) is 42.4 Å². The molecular weight excluding hydrogens is 368 g/mol. The molecule has 0 saturated carbocycles. The first-order valence-electron chi connectivity index (χ1n) is 9.10. The zero-order valence-corrected chi connectivity index (χ0v) is 16.6. The molecule has 0 aliphatic rings. The number of nitrogens with zero attached hydrogens (tertiary/aromatic N) is 2. The van der Waals surface area contributed by atoms with Crippen LogP contribution in [0.4, 0.5) is 5.69 Å². The molecule has 140 valence electrons. The molecule has 0 radical (unpaired) electrons. The largest absolute Gasteiger partial charge is 0.497 e. The summed E-state index contributed by atoms with van der Waals surface area (Å²) in [5.74, 6) is 0.707. The number of hydrogen-bond donors (Lipinski definition) is 0. The van der Waals surface area contributed by atoms with Gasteiger partial charge in [0.05, 0.1) is 7.11 Å². The smallest absolute Gasteiger partial charge is 0.277 e. The van der Waals surface area contributed by atoms with E-state index in [4.69, 9.17) is 4.74 Å². The van der Waals surface area contributed by atoms with Gasteiger partial charge in [0.2, 0.25) is 0 Å². The van der Waals surface area contributed by atoms with Crippen molar-refractivity contribution in [3.05, 3.63) is 77.8 Å². The van der Waals surface area contributed by atoms with E-state index >= 15 is 0 Å². The van der Waals surface area contributed by atoms with Gasteiger partial charge in [-0.25, -0.2) is 4.98 Å². The van der Waals surface area contributed by atoms with Crippen molar-refractivity contribution in [2.24, 2.45) is 0 Å². The Bertz CT molecular complexity index is 1120. The fourth-order valence-electron chi connectivity index (χ4n) is 3.16. The minimum absolute atomic E-state index is 0.0891. The summed E-state index contributed by atoms with van der Waals surface area (Å²) in [6.45, 7) is 2.55. The molecule has 0 aliphatic heterocycles. The van der Waals surface area contributed by atoms with Gasteiger partial charge in [-0.05, 0) is 54.1 Å². The van der Waals surface area contributed by atoms with E-state index < -0.39 is 0 Å². The Morgan fingerprint density at radius 1 is 1.04 bits per heavy atom. The van der Waals surface area contributed by atoms with Crippen LogP contribution in [0.15, 0.2) is 72.1 Å². The molecule has 1 aromatic heterocycles. The maximum Gasteiger partial charge on any atom is 0.277 e. The van der Waals surface area contributed by atoms with Crippen LogP contribution in [0.1, 0.15) is 17.4 Å². The van der Waals surface area contributed by atoms with Crippen LogP contribution >= 0.6 is 11.3 Å². The van der Waals surface area contributed by atoms with Crippen molar-refractivity contribution in [2.75, 3.05) is 18.6 Å². The first-order valence-corrected chi connectivity index (χ1v) is 9.98. The number of ether oxygens (including phenoxy) is 1. The summed E-state index contributed by atoms with van der Waals surface area (Å²) >= 11 is 1.47. The van der Waals surface area contributed by atoms with Gasteiger partial charge in [-0.15, -0.1) is 11.3 Å². The molecule has 0 spiro atoms. The highest BCUT2D eigenvalue weighted by Gasteiger charge is 2.20. The van der Waals surface area contributed by atoms with E-state index in [1.54, 1.807) is 12.0 Å². The van der Waals surface area contributed by atoms with Crippen LogP contribution in [0.3, 0.4) is 0 Å². The third kappa shape index (κ3) is 3.49. The minimum atomic E-state index is -0.0891. The van der Waals surface area contributed by atoms with Crippen molar-refractivity contribution in [1.29, 1.82) is 0 Å². The van der Waals surface area contributed by atoms with Gasteiger partial charge in [-0.1, -0.05) is 30.3 Å². The zero-order valence-electron chi connectivity index (χ0n) is 15.8. The maximum absolute atomic E-state index is 13.1. The lowest BCUT2D eigenvalue weighted by Crippen LogP contribution is -2.30. The van der Waals surface area contributed by atoms with Crippen LogP contribution in [0.25, 0.3) is 21.3 Å². The highest BCUT2D eigenvalue weighted by Crippen LogP contribution is 2.28. The van der Waals surface area contributed by atoms with Gasteiger partial charge in [0, 0.05) is 23.2 Å². The zero-order chi connectivity index (χ0) is 19.5. The highest BCUT2D eigenvalue weighted by molar-refractivity contribution is 7.13. The first-order chi connectivity index (χ1) is 13.7. The lowest BCUT2D eigenvalue weighted by atomic mass is 10.1. The minimum Gasteiger partial charge on any atom is -0.497 e. The molecule has 1 heterocycles. The number of benzene rings is 3. The van der Waals surface area contributed by atoms with Gasteiger partial charge in [0.1, 0.15) is 16.5 Å². The summed E-state index contributed by atoms with van der Waals surface area (Å²) < 4.78 is 5.20. The Morgan fingerprint density at radius 2 is 1.79 bits per heavy atom. The number of rotatable bonds is 5. The number of aromatic nitrogens is 1. The summed E-state index contributed by atoms with van der Waals surface area (Å²) in [5.41, 5.74) is 2.31. The summed E-state index contributed by atoms with van der Waals surface area (Å²) in [6.07, 6.45) is 0. The molecule has 3 aromatic carbocycles. The van der Waals surface area contributed by atoms with Crippen LogP contribution < -0.4 is 9.64 Å². The van der Waals surface area contributed by atoms with Gasteiger partial charge < -0.3 is 9.64 Å². The van der Waals surface area contributed by atoms with Crippen molar-refractivity contribution < 1.29 is 9.53 Å². The summed E-state index contributed by atoms with van der Waals surface area (Å²) in [4.78, 5) is 19.4. The summed E-state index contributed by atoms with van der Waals surface area (Å²) in [7, 11) is 1.64. The number of fused-ring (bicyclic) bond motifs is 1. The van der Waals surface area contributed by atoms with E-state index in [-0.39, 0.29) is 5.91 Å². The van der Waals surface area contributed by atoms with Crippen LogP contribution in [-0.2, 0) is 0 Å². The Labute approximate surface area is 168 Å². The Kier molecular flexibility index (Phi) is 5.08. The van der Waals surface area contributed by atoms with Crippen LogP contribution in [-0.4, -0.2) is 24.5 Å². The average molecular weight is 388 g/mol. The third-order valence-electron chi connectivity index (χ3n) is 4.67. The van der Waals surface area contributed by atoms with E-state index in [2.05, 4.69) is 17.1 Å². The standard InChI is InChI=1S/C23H20N2O2S/c1-3-25(19-11-8-16-6-4-5-7-18(16)14-19)23(26)21-15-28-22(24-21)17-9-12-20(27-2)13-10-17/h4-15H,3H2,1-2H3. The molecule has 4 aromatic rings. The van der Waals surface area contributed by atoms with Crippen molar-refractivity contribution in [3.63, 3.8) is 0 Å². The predicted molar refractivity (Wildman–Crippen MR) is 115 cm³/mol. The van der Waals surface area contributed by atoms with Crippen molar-refractivity contribution >= 4 is 33.7 Å². The first kappa shape index (κ1) is 18.2. The SMILES string of the molecule is CCN(C(=O)c1csc(-c2ccc(OC)cc2)n1)c1ccc2ccccc2c1. The number of methoxy groups -OCH3 is 1. The van der Waals surface area contributed by atoms with Crippen molar-refractivity contribution in [3.8, 4) is 16.3 Å². The van der Waals surface area contributed by atoms with E-state index in [9.17, 15) is 4.79 Å². The molecule has 0 saturated heterocycles. The predicted octanol–water partition coefficient (Wildman–Crippen LogP) is 5.64. The Hall–Kier alpha value is -3.18. The molecular formula is C23H20N2O2S. The lowest BCUT2D eigenvalue weighted by Gasteiger charge is -2.20. The molecule has 4 rings (SSSR count).